The van der Waals surface area contributed by atoms with Gasteiger partial charge in [-0.1, -0.05) is 25.0 Å². The lowest BCUT2D eigenvalue weighted by Gasteiger charge is -2.29. The van der Waals surface area contributed by atoms with Crippen LogP contribution in [0.4, 0.5) is 5.69 Å². The second-order valence-electron chi connectivity index (χ2n) is 5.16. The Bertz CT molecular complexity index is 344. The summed E-state index contributed by atoms with van der Waals surface area (Å²) >= 11 is 0. The van der Waals surface area contributed by atoms with Crippen molar-refractivity contribution in [2.45, 2.75) is 51.7 Å². The summed E-state index contributed by atoms with van der Waals surface area (Å²) in [5.41, 5.74) is 2.29. The number of benzene rings is 1. The maximum Gasteiger partial charge on any atom is 0.0761 e. The van der Waals surface area contributed by atoms with Crippen molar-refractivity contribution >= 4 is 5.69 Å². The molecule has 2 rings (SSSR count). The molecular weight excluding hydrogens is 210 g/mol. The molecule has 1 unspecified atom stereocenters. The Kier molecular flexibility index (Phi) is 4.06. The maximum absolute atomic E-state index is 9.51. The molecule has 0 spiro atoms. The average molecular weight is 233 g/mol. The lowest BCUT2D eigenvalue weighted by molar-refractivity contribution is 0.199. The van der Waals surface area contributed by atoms with Gasteiger partial charge in [-0.15, -0.1) is 0 Å². The van der Waals surface area contributed by atoms with Gasteiger partial charge in [0.05, 0.1) is 6.10 Å². The highest BCUT2D eigenvalue weighted by Crippen LogP contribution is 2.25. The molecule has 2 atom stereocenters. The summed E-state index contributed by atoms with van der Waals surface area (Å²) in [5, 5.41) is 9.51. The van der Waals surface area contributed by atoms with Crippen molar-refractivity contribution in [1.29, 1.82) is 0 Å². The van der Waals surface area contributed by atoms with E-state index in [1.807, 2.05) is 19.1 Å². The fraction of sp³-hybridized carbons (Fsp3) is 0.600. The zero-order valence-corrected chi connectivity index (χ0v) is 10.9. The largest absolute Gasteiger partial charge is 0.389 e. The molecule has 0 bridgehead atoms. The van der Waals surface area contributed by atoms with Crippen molar-refractivity contribution in [2.24, 2.45) is 0 Å². The van der Waals surface area contributed by atoms with Crippen molar-refractivity contribution in [3.63, 3.8) is 0 Å². The van der Waals surface area contributed by atoms with Gasteiger partial charge in [-0.25, -0.2) is 0 Å². The molecule has 1 saturated heterocycles. The second-order valence-corrected chi connectivity index (χ2v) is 5.16. The molecule has 0 amide bonds. The topological polar surface area (TPSA) is 23.5 Å². The van der Waals surface area contributed by atoms with Crippen molar-refractivity contribution in [2.75, 3.05) is 11.4 Å². The minimum atomic E-state index is -0.370. The van der Waals surface area contributed by atoms with Crippen molar-refractivity contribution in [3.05, 3.63) is 29.8 Å². The van der Waals surface area contributed by atoms with Crippen LogP contribution in [0.1, 0.15) is 51.2 Å². The Morgan fingerprint density at radius 2 is 1.88 bits per heavy atom. The van der Waals surface area contributed by atoms with E-state index in [4.69, 9.17) is 0 Å². The molecule has 2 nitrogen and oxygen atoms in total. The lowest BCUT2D eigenvalue weighted by Crippen LogP contribution is -2.32. The highest BCUT2D eigenvalue weighted by molar-refractivity contribution is 5.48. The predicted octanol–water partition coefficient (Wildman–Crippen LogP) is 3.51. The molecule has 1 aliphatic heterocycles. The van der Waals surface area contributed by atoms with Crippen LogP contribution in [-0.4, -0.2) is 17.7 Å². The monoisotopic (exact) mass is 233 g/mol. The van der Waals surface area contributed by atoms with Crippen molar-refractivity contribution < 1.29 is 5.11 Å². The SMILES string of the molecule is CC1CCCCCN1c1ccc([C@H](C)O)cc1. The van der Waals surface area contributed by atoms with Gasteiger partial charge in [0.1, 0.15) is 0 Å². The number of nitrogens with zero attached hydrogens (tertiary/aromatic N) is 1. The van der Waals surface area contributed by atoms with E-state index >= 15 is 0 Å². The smallest absolute Gasteiger partial charge is 0.0761 e. The average Bonchev–Trinajstić information content (AvgIpc) is 2.54. The summed E-state index contributed by atoms with van der Waals surface area (Å²) in [7, 11) is 0. The quantitative estimate of drug-likeness (QED) is 0.845. The Balaban J connectivity index is 2.14. The summed E-state index contributed by atoms with van der Waals surface area (Å²) < 4.78 is 0. The molecule has 2 heteroatoms. The molecule has 1 N–H and O–H groups in total. The summed E-state index contributed by atoms with van der Waals surface area (Å²) in [6.45, 7) is 5.28. The molecule has 0 saturated carbocycles. The number of aliphatic hydroxyl groups excluding tert-OH is 1. The Labute approximate surface area is 104 Å². The van der Waals surface area contributed by atoms with Gasteiger partial charge in [0.25, 0.3) is 0 Å². The van der Waals surface area contributed by atoms with Gasteiger partial charge in [-0.2, -0.15) is 0 Å². The van der Waals surface area contributed by atoms with Crippen LogP contribution in [0.5, 0.6) is 0 Å². The molecule has 1 aliphatic rings. The van der Waals surface area contributed by atoms with Crippen LogP contribution >= 0.6 is 0 Å². The first-order valence-corrected chi connectivity index (χ1v) is 6.73. The first-order chi connectivity index (χ1) is 8.18. The molecule has 17 heavy (non-hydrogen) atoms. The zero-order valence-electron chi connectivity index (χ0n) is 10.9. The van der Waals surface area contributed by atoms with Crippen molar-refractivity contribution in [3.8, 4) is 0 Å². The third-order valence-electron chi connectivity index (χ3n) is 3.76. The van der Waals surface area contributed by atoms with Crippen LogP contribution in [0.25, 0.3) is 0 Å². The molecule has 1 aromatic rings. The van der Waals surface area contributed by atoms with Gasteiger partial charge < -0.3 is 10.0 Å². The van der Waals surface area contributed by atoms with E-state index in [1.54, 1.807) is 0 Å². The van der Waals surface area contributed by atoms with Gasteiger partial charge in [0.15, 0.2) is 0 Å². The number of hydrogen-bond acceptors (Lipinski definition) is 2. The molecule has 0 aromatic heterocycles. The fourth-order valence-electron chi connectivity index (χ4n) is 2.60. The minimum Gasteiger partial charge on any atom is -0.389 e. The van der Waals surface area contributed by atoms with E-state index in [0.717, 1.165) is 12.1 Å². The molecule has 1 fully saturated rings. The Hall–Kier alpha value is -1.02. The molecule has 0 aliphatic carbocycles. The van der Waals surface area contributed by atoms with E-state index in [-0.39, 0.29) is 6.10 Å². The Morgan fingerprint density at radius 1 is 1.18 bits per heavy atom. The molecule has 1 aromatic carbocycles. The highest BCUT2D eigenvalue weighted by Gasteiger charge is 2.17. The molecule has 1 heterocycles. The van der Waals surface area contributed by atoms with Gasteiger partial charge >= 0.3 is 0 Å². The molecule has 0 radical (unpaired) electrons. The van der Waals surface area contributed by atoms with Crippen LogP contribution in [0, 0.1) is 0 Å². The van der Waals surface area contributed by atoms with Gasteiger partial charge in [-0.05, 0) is 44.4 Å². The first kappa shape index (κ1) is 12.4. The van der Waals surface area contributed by atoms with E-state index in [9.17, 15) is 5.11 Å². The third-order valence-corrected chi connectivity index (χ3v) is 3.76. The zero-order chi connectivity index (χ0) is 12.3. The van der Waals surface area contributed by atoms with E-state index < -0.39 is 0 Å². The van der Waals surface area contributed by atoms with Gasteiger partial charge in [-0.3, -0.25) is 0 Å². The normalized spacial score (nSPS) is 23.2. The summed E-state index contributed by atoms with van der Waals surface area (Å²) in [6.07, 6.45) is 4.92. The highest BCUT2D eigenvalue weighted by atomic mass is 16.3. The first-order valence-electron chi connectivity index (χ1n) is 6.73. The van der Waals surface area contributed by atoms with Crippen LogP contribution < -0.4 is 4.90 Å². The Morgan fingerprint density at radius 3 is 2.53 bits per heavy atom. The summed E-state index contributed by atoms with van der Waals surface area (Å²) in [5.74, 6) is 0. The summed E-state index contributed by atoms with van der Waals surface area (Å²) in [6, 6.07) is 9.00. The van der Waals surface area contributed by atoms with Gasteiger partial charge in [0.2, 0.25) is 0 Å². The van der Waals surface area contributed by atoms with Crippen LogP contribution in [0.3, 0.4) is 0 Å². The molecule has 94 valence electrons. The number of hydrogen-bond donors (Lipinski definition) is 1. The van der Waals surface area contributed by atoms with Gasteiger partial charge in [0, 0.05) is 18.3 Å². The predicted molar refractivity (Wildman–Crippen MR) is 72.4 cm³/mol. The fourth-order valence-corrected chi connectivity index (χ4v) is 2.60. The molecular formula is C15H23NO. The lowest BCUT2D eigenvalue weighted by atomic mass is 10.1. The summed E-state index contributed by atoms with van der Waals surface area (Å²) in [4.78, 5) is 2.50. The van der Waals surface area contributed by atoms with Crippen LogP contribution in [0.2, 0.25) is 0 Å². The maximum atomic E-state index is 9.51. The minimum absolute atomic E-state index is 0.370. The second kappa shape index (κ2) is 5.54. The third kappa shape index (κ3) is 3.01. The van der Waals surface area contributed by atoms with E-state index in [1.165, 1.54) is 31.4 Å². The number of aliphatic hydroxyl groups is 1. The van der Waals surface area contributed by atoms with Crippen LogP contribution in [0.15, 0.2) is 24.3 Å². The van der Waals surface area contributed by atoms with Crippen molar-refractivity contribution in [1.82, 2.24) is 0 Å². The number of rotatable bonds is 2. The van der Waals surface area contributed by atoms with Crippen LogP contribution in [-0.2, 0) is 0 Å². The van der Waals surface area contributed by atoms with E-state index in [0.29, 0.717) is 6.04 Å². The van der Waals surface area contributed by atoms with E-state index in [2.05, 4.69) is 24.0 Å². The standard InChI is InChI=1S/C15H23NO/c1-12-6-4-3-5-11-16(12)15-9-7-14(8-10-15)13(2)17/h7-10,12-13,17H,3-6,11H2,1-2H3/t12?,13-/m0/s1. The number of anilines is 1.